The second-order valence-electron chi connectivity index (χ2n) is 5.00. The molecule has 2 rings (SSSR count). The average molecular weight is 369 g/mol. The average Bonchev–Trinajstić information content (AvgIpc) is 2.59. The number of hydrogen-bond acceptors (Lipinski definition) is 3. The van der Waals surface area contributed by atoms with Crippen LogP contribution >= 0.6 is 11.6 Å². The molecule has 2 aromatic carbocycles. The molecule has 0 aliphatic rings. The van der Waals surface area contributed by atoms with Crippen LogP contribution in [-0.4, -0.2) is 32.1 Å². The lowest BCUT2D eigenvalue weighted by atomic mass is 10.1. The monoisotopic (exact) mass is 368 g/mol. The highest BCUT2D eigenvalue weighted by molar-refractivity contribution is 6.34. The molecule has 0 aromatic heterocycles. The summed E-state index contributed by atoms with van der Waals surface area (Å²) in [5.41, 5.74) is -0.115. The molecule has 0 aliphatic carbocycles. The first-order valence-corrected chi connectivity index (χ1v) is 7.64. The van der Waals surface area contributed by atoms with Gasteiger partial charge in [-0.05, 0) is 30.3 Å². The molecule has 0 unspecified atom stereocenters. The number of nitrogens with one attached hydrogen (secondary N) is 2. The molecule has 0 heterocycles. The second-order valence-corrected chi connectivity index (χ2v) is 5.41. The van der Waals surface area contributed by atoms with Crippen molar-refractivity contribution in [3.63, 3.8) is 0 Å². The minimum atomic E-state index is -1.26. The normalized spacial score (nSPS) is 10.4. The minimum Gasteiger partial charge on any atom is -0.383 e. The molecule has 0 atom stereocenters. The SMILES string of the molecule is COCCNC(=O)c1ccc(Cl)c(NC(=O)c2cccc(F)c2F)c1. The van der Waals surface area contributed by atoms with E-state index in [4.69, 9.17) is 16.3 Å². The molecule has 2 N–H and O–H groups in total. The summed E-state index contributed by atoms with van der Waals surface area (Å²) in [6.45, 7) is 0.663. The second kappa shape index (κ2) is 8.55. The van der Waals surface area contributed by atoms with E-state index in [1.807, 2.05) is 0 Å². The first-order chi connectivity index (χ1) is 11.9. The van der Waals surface area contributed by atoms with Crippen LogP contribution in [0.5, 0.6) is 0 Å². The van der Waals surface area contributed by atoms with Gasteiger partial charge in [0, 0.05) is 19.2 Å². The van der Waals surface area contributed by atoms with Crippen molar-refractivity contribution in [1.29, 1.82) is 0 Å². The fourth-order valence-electron chi connectivity index (χ4n) is 2.00. The lowest BCUT2D eigenvalue weighted by Crippen LogP contribution is -2.27. The molecule has 25 heavy (non-hydrogen) atoms. The largest absolute Gasteiger partial charge is 0.383 e. The van der Waals surface area contributed by atoms with Crippen LogP contribution in [-0.2, 0) is 4.74 Å². The summed E-state index contributed by atoms with van der Waals surface area (Å²) >= 11 is 6.00. The van der Waals surface area contributed by atoms with Gasteiger partial charge < -0.3 is 15.4 Å². The highest BCUT2D eigenvalue weighted by Crippen LogP contribution is 2.24. The fraction of sp³-hybridized carbons (Fsp3) is 0.176. The zero-order chi connectivity index (χ0) is 18.4. The van der Waals surface area contributed by atoms with E-state index >= 15 is 0 Å². The van der Waals surface area contributed by atoms with Crippen molar-refractivity contribution in [2.45, 2.75) is 0 Å². The summed E-state index contributed by atoms with van der Waals surface area (Å²) < 4.78 is 31.8. The Kier molecular flexibility index (Phi) is 6.44. The topological polar surface area (TPSA) is 67.4 Å². The van der Waals surface area contributed by atoms with Gasteiger partial charge in [-0.1, -0.05) is 17.7 Å². The van der Waals surface area contributed by atoms with Gasteiger partial charge in [0.1, 0.15) is 0 Å². The van der Waals surface area contributed by atoms with Gasteiger partial charge in [-0.3, -0.25) is 9.59 Å². The Morgan fingerprint density at radius 3 is 2.64 bits per heavy atom. The number of carbonyl (C=O) groups is 2. The van der Waals surface area contributed by atoms with Crippen molar-refractivity contribution in [3.8, 4) is 0 Å². The zero-order valence-electron chi connectivity index (χ0n) is 13.2. The molecule has 8 heteroatoms. The summed E-state index contributed by atoms with van der Waals surface area (Å²) in [7, 11) is 1.51. The van der Waals surface area contributed by atoms with Crippen LogP contribution in [0.15, 0.2) is 36.4 Å². The predicted molar refractivity (Wildman–Crippen MR) is 90.0 cm³/mol. The Labute approximate surface area is 147 Å². The van der Waals surface area contributed by atoms with E-state index in [0.717, 1.165) is 12.1 Å². The summed E-state index contributed by atoms with van der Waals surface area (Å²) in [6, 6.07) is 7.51. The highest BCUT2D eigenvalue weighted by atomic mass is 35.5. The maximum absolute atomic E-state index is 13.7. The number of ether oxygens (including phenoxy) is 1. The van der Waals surface area contributed by atoms with Gasteiger partial charge in [0.05, 0.1) is 22.9 Å². The Bertz CT molecular complexity index is 799. The molecule has 0 spiro atoms. The van der Waals surface area contributed by atoms with E-state index in [2.05, 4.69) is 10.6 Å². The van der Waals surface area contributed by atoms with Crippen LogP contribution in [0.25, 0.3) is 0 Å². The quantitative estimate of drug-likeness (QED) is 0.769. The number of amides is 2. The summed E-state index contributed by atoms with van der Waals surface area (Å²) in [6.07, 6.45) is 0. The first-order valence-electron chi connectivity index (χ1n) is 7.26. The van der Waals surface area contributed by atoms with Crippen LogP contribution in [0.2, 0.25) is 5.02 Å². The van der Waals surface area contributed by atoms with Gasteiger partial charge in [0.25, 0.3) is 11.8 Å². The number of benzene rings is 2. The van der Waals surface area contributed by atoms with Gasteiger partial charge in [-0.15, -0.1) is 0 Å². The number of methoxy groups -OCH3 is 1. The Balaban J connectivity index is 2.19. The first kappa shape index (κ1) is 18.8. The molecule has 0 aliphatic heterocycles. The number of rotatable bonds is 6. The lowest BCUT2D eigenvalue weighted by Gasteiger charge is -2.10. The van der Waals surface area contributed by atoms with E-state index in [9.17, 15) is 18.4 Å². The van der Waals surface area contributed by atoms with Gasteiger partial charge in [-0.2, -0.15) is 0 Å². The molecule has 0 fully saturated rings. The number of anilines is 1. The van der Waals surface area contributed by atoms with E-state index in [-0.39, 0.29) is 22.2 Å². The smallest absolute Gasteiger partial charge is 0.258 e. The third-order valence-corrected chi connectivity index (χ3v) is 3.59. The molecule has 0 saturated carbocycles. The van der Waals surface area contributed by atoms with Crippen molar-refractivity contribution in [2.75, 3.05) is 25.6 Å². The lowest BCUT2D eigenvalue weighted by molar-refractivity contribution is 0.0936. The Morgan fingerprint density at radius 2 is 1.92 bits per heavy atom. The van der Waals surface area contributed by atoms with Gasteiger partial charge in [0.2, 0.25) is 0 Å². The summed E-state index contributed by atoms with van der Waals surface area (Å²) in [5, 5.41) is 5.15. The van der Waals surface area contributed by atoms with Gasteiger partial charge >= 0.3 is 0 Å². The highest BCUT2D eigenvalue weighted by Gasteiger charge is 2.17. The number of carbonyl (C=O) groups excluding carboxylic acids is 2. The molecule has 0 saturated heterocycles. The number of hydrogen-bond donors (Lipinski definition) is 2. The summed E-state index contributed by atoms with van der Waals surface area (Å²) in [5.74, 6) is -3.66. The van der Waals surface area contributed by atoms with Crippen molar-refractivity contribution >= 4 is 29.1 Å². The zero-order valence-corrected chi connectivity index (χ0v) is 14.0. The molecule has 2 amide bonds. The van der Waals surface area contributed by atoms with Crippen LogP contribution in [0.3, 0.4) is 0 Å². The molecular weight excluding hydrogens is 354 g/mol. The fourth-order valence-corrected chi connectivity index (χ4v) is 2.16. The van der Waals surface area contributed by atoms with Crippen LogP contribution in [0.1, 0.15) is 20.7 Å². The standard InChI is InChI=1S/C17H15ClF2N2O3/c1-25-8-7-21-16(23)10-5-6-12(18)14(9-10)22-17(24)11-3-2-4-13(19)15(11)20/h2-6,9H,7-8H2,1H3,(H,21,23)(H,22,24). The van der Waals surface area contributed by atoms with Crippen LogP contribution < -0.4 is 10.6 Å². The Morgan fingerprint density at radius 1 is 1.16 bits per heavy atom. The van der Waals surface area contributed by atoms with Crippen LogP contribution in [0, 0.1) is 11.6 Å². The van der Waals surface area contributed by atoms with E-state index in [0.29, 0.717) is 13.2 Å². The maximum Gasteiger partial charge on any atom is 0.258 e. The van der Waals surface area contributed by atoms with Crippen molar-refractivity contribution in [2.24, 2.45) is 0 Å². The van der Waals surface area contributed by atoms with Gasteiger partial charge in [0.15, 0.2) is 11.6 Å². The van der Waals surface area contributed by atoms with Gasteiger partial charge in [-0.25, -0.2) is 8.78 Å². The maximum atomic E-state index is 13.7. The van der Waals surface area contributed by atoms with Crippen LogP contribution in [0.4, 0.5) is 14.5 Å². The summed E-state index contributed by atoms with van der Waals surface area (Å²) in [4.78, 5) is 24.1. The molecule has 5 nitrogen and oxygen atoms in total. The minimum absolute atomic E-state index is 0.106. The molecule has 2 aromatic rings. The molecule has 0 radical (unpaired) electrons. The van der Waals surface area contributed by atoms with Crippen molar-refractivity contribution < 1.29 is 23.1 Å². The molecule has 132 valence electrons. The van der Waals surface area contributed by atoms with Crippen molar-refractivity contribution in [1.82, 2.24) is 5.32 Å². The number of halogens is 3. The van der Waals surface area contributed by atoms with E-state index in [1.54, 1.807) is 0 Å². The predicted octanol–water partition coefficient (Wildman–Crippen LogP) is 3.25. The Hall–Kier alpha value is -2.51. The van der Waals surface area contributed by atoms with E-state index < -0.39 is 23.1 Å². The van der Waals surface area contributed by atoms with Crippen molar-refractivity contribution in [3.05, 3.63) is 64.2 Å². The molecular formula is C17H15ClF2N2O3. The van der Waals surface area contributed by atoms with E-state index in [1.165, 1.54) is 31.4 Å². The third kappa shape index (κ3) is 4.74. The third-order valence-electron chi connectivity index (χ3n) is 3.26. The molecule has 0 bridgehead atoms.